The normalized spacial score (nSPS) is 13.7. The molecule has 2 amide bonds. The van der Waals surface area contributed by atoms with E-state index in [2.05, 4.69) is 36.2 Å². The van der Waals surface area contributed by atoms with Gasteiger partial charge in [-0.1, -0.05) is 0 Å². The summed E-state index contributed by atoms with van der Waals surface area (Å²) in [6, 6.07) is 11.1. The Balaban J connectivity index is 1.28. The molecule has 2 N–H and O–H groups in total. The number of aromatic nitrogens is 4. The van der Waals surface area contributed by atoms with E-state index in [4.69, 9.17) is 9.47 Å². The molecular formula is C24H25N7O3. The predicted molar refractivity (Wildman–Crippen MR) is 129 cm³/mol. The Morgan fingerprint density at radius 3 is 2.47 bits per heavy atom. The summed E-state index contributed by atoms with van der Waals surface area (Å²) in [5.41, 5.74) is 3.33. The minimum absolute atomic E-state index is 0.164. The molecule has 0 saturated carbocycles. The maximum absolute atomic E-state index is 12.9. The SMILES string of the molecule is COc1cc(NC(=O)N2CCN(c3ncnc4[nH]c(-c5cccnc5)cc34)CC2)cc(OC)c1. The molecule has 4 aromatic rings. The van der Waals surface area contributed by atoms with E-state index in [9.17, 15) is 4.79 Å². The zero-order valence-corrected chi connectivity index (χ0v) is 19.0. The number of methoxy groups -OCH3 is 2. The van der Waals surface area contributed by atoms with Crippen molar-refractivity contribution in [3.05, 3.63) is 55.1 Å². The molecule has 3 aromatic heterocycles. The van der Waals surface area contributed by atoms with Crippen LogP contribution >= 0.6 is 0 Å². The van der Waals surface area contributed by atoms with Crippen molar-refractivity contribution >= 4 is 28.6 Å². The lowest BCUT2D eigenvalue weighted by Gasteiger charge is -2.35. The number of ether oxygens (including phenoxy) is 2. The van der Waals surface area contributed by atoms with Crippen molar-refractivity contribution in [3.63, 3.8) is 0 Å². The number of amides is 2. The Morgan fingerprint density at radius 1 is 1.03 bits per heavy atom. The van der Waals surface area contributed by atoms with Crippen LogP contribution in [-0.4, -0.2) is 71.3 Å². The molecule has 1 aliphatic rings. The van der Waals surface area contributed by atoms with Crippen molar-refractivity contribution in [2.24, 2.45) is 0 Å². The summed E-state index contributed by atoms with van der Waals surface area (Å²) in [4.78, 5) is 33.3. The highest BCUT2D eigenvalue weighted by atomic mass is 16.5. The summed E-state index contributed by atoms with van der Waals surface area (Å²) in [7, 11) is 3.15. The second-order valence-corrected chi connectivity index (χ2v) is 7.89. The van der Waals surface area contributed by atoms with Crippen LogP contribution in [0.4, 0.5) is 16.3 Å². The Bertz CT molecular complexity index is 1280. The molecule has 174 valence electrons. The Morgan fingerprint density at radius 2 is 1.79 bits per heavy atom. The lowest BCUT2D eigenvalue weighted by molar-refractivity contribution is 0.208. The number of urea groups is 1. The maximum Gasteiger partial charge on any atom is 0.321 e. The van der Waals surface area contributed by atoms with Gasteiger partial charge in [0, 0.05) is 73.7 Å². The van der Waals surface area contributed by atoms with Crippen molar-refractivity contribution in [1.29, 1.82) is 0 Å². The Hall–Kier alpha value is -4.34. The zero-order chi connectivity index (χ0) is 23.5. The third kappa shape index (κ3) is 4.29. The van der Waals surface area contributed by atoms with E-state index in [0.717, 1.165) is 28.1 Å². The number of aromatic amines is 1. The molecule has 10 nitrogen and oxygen atoms in total. The molecule has 0 atom stereocenters. The molecule has 0 unspecified atom stereocenters. The summed E-state index contributed by atoms with van der Waals surface area (Å²) >= 11 is 0. The van der Waals surface area contributed by atoms with Gasteiger partial charge in [0.05, 0.1) is 19.6 Å². The van der Waals surface area contributed by atoms with Gasteiger partial charge >= 0.3 is 6.03 Å². The van der Waals surface area contributed by atoms with E-state index in [-0.39, 0.29) is 6.03 Å². The lowest BCUT2D eigenvalue weighted by Crippen LogP contribution is -2.50. The number of benzene rings is 1. The number of carbonyl (C=O) groups is 1. The first-order valence-electron chi connectivity index (χ1n) is 10.9. The van der Waals surface area contributed by atoms with Crippen molar-refractivity contribution < 1.29 is 14.3 Å². The molecule has 5 rings (SSSR count). The summed E-state index contributed by atoms with van der Waals surface area (Å²) in [6.45, 7) is 2.46. The number of nitrogens with zero attached hydrogens (tertiary/aromatic N) is 5. The fourth-order valence-electron chi connectivity index (χ4n) is 4.06. The van der Waals surface area contributed by atoms with E-state index >= 15 is 0 Å². The number of piperazine rings is 1. The van der Waals surface area contributed by atoms with Gasteiger partial charge in [-0.05, 0) is 18.2 Å². The van der Waals surface area contributed by atoms with Gasteiger partial charge < -0.3 is 29.6 Å². The van der Waals surface area contributed by atoms with Crippen LogP contribution in [0.5, 0.6) is 11.5 Å². The summed E-state index contributed by atoms with van der Waals surface area (Å²) in [5, 5.41) is 3.89. The number of nitrogens with one attached hydrogen (secondary N) is 2. The van der Waals surface area contributed by atoms with Crippen LogP contribution in [0, 0.1) is 0 Å². The van der Waals surface area contributed by atoms with Crippen LogP contribution < -0.4 is 19.7 Å². The number of carbonyl (C=O) groups excluding carboxylic acids is 1. The van der Waals surface area contributed by atoms with Gasteiger partial charge in [0.2, 0.25) is 0 Å². The highest BCUT2D eigenvalue weighted by molar-refractivity contribution is 5.92. The number of rotatable bonds is 5. The van der Waals surface area contributed by atoms with E-state index in [1.807, 2.05) is 18.3 Å². The van der Waals surface area contributed by atoms with Gasteiger partial charge in [0.15, 0.2) is 0 Å². The standard InChI is InChI=1S/C24H25N7O3/c1-33-18-10-17(11-19(12-18)34-2)28-24(32)31-8-6-30(7-9-31)23-20-13-21(16-4-3-5-25-14-16)29-22(20)26-15-27-23/h3-5,10-15H,6-9H2,1-2H3,(H,28,32)(H,26,27,29). The molecule has 1 fully saturated rings. The summed E-state index contributed by atoms with van der Waals surface area (Å²) < 4.78 is 10.6. The molecule has 0 bridgehead atoms. The van der Waals surface area contributed by atoms with Gasteiger partial charge in [-0.15, -0.1) is 0 Å². The first-order valence-corrected chi connectivity index (χ1v) is 10.9. The van der Waals surface area contributed by atoms with Gasteiger partial charge in [-0.2, -0.15) is 0 Å². The Labute approximate surface area is 196 Å². The maximum atomic E-state index is 12.9. The minimum atomic E-state index is -0.164. The van der Waals surface area contributed by atoms with Gasteiger partial charge in [0.25, 0.3) is 0 Å². The fraction of sp³-hybridized carbons (Fsp3) is 0.250. The first kappa shape index (κ1) is 21.5. The third-order valence-electron chi connectivity index (χ3n) is 5.85. The lowest BCUT2D eigenvalue weighted by atomic mass is 10.2. The van der Waals surface area contributed by atoms with Gasteiger partial charge in [-0.3, -0.25) is 4.98 Å². The molecule has 4 heterocycles. The topological polar surface area (TPSA) is 108 Å². The van der Waals surface area contributed by atoms with E-state index in [1.165, 1.54) is 0 Å². The average Bonchev–Trinajstić information content (AvgIpc) is 3.33. The van der Waals surface area contributed by atoms with Crippen LogP contribution in [0.25, 0.3) is 22.3 Å². The van der Waals surface area contributed by atoms with E-state index in [0.29, 0.717) is 43.4 Å². The second kappa shape index (κ2) is 9.26. The number of anilines is 2. The molecule has 10 heteroatoms. The Kier molecular flexibility index (Phi) is 5.86. The number of H-pyrrole nitrogens is 1. The molecule has 34 heavy (non-hydrogen) atoms. The molecule has 1 aromatic carbocycles. The monoisotopic (exact) mass is 459 g/mol. The third-order valence-corrected chi connectivity index (χ3v) is 5.85. The van der Waals surface area contributed by atoms with Crippen LogP contribution in [0.1, 0.15) is 0 Å². The van der Waals surface area contributed by atoms with Gasteiger partial charge in [-0.25, -0.2) is 14.8 Å². The van der Waals surface area contributed by atoms with Crippen LogP contribution in [0.15, 0.2) is 55.1 Å². The van der Waals surface area contributed by atoms with Crippen molar-refractivity contribution in [3.8, 4) is 22.8 Å². The van der Waals surface area contributed by atoms with Crippen molar-refractivity contribution in [2.45, 2.75) is 0 Å². The van der Waals surface area contributed by atoms with Crippen molar-refractivity contribution in [1.82, 2.24) is 24.8 Å². The number of hydrogen-bond donors (Lipinski definition) is 2. The summed E-state index contributed by atoms with van der Waals surface area (Å²) in [5.74, 6) is 2.09. The average molecular weight is 460 g/mol. The highest BCUT2D eigenvalue weighted by Crippen LogP contribution is 2.29. The van der Waals surface area contributed by atoms with Crippen LogP contribution in [0.3, 0.4) is 0 Å². The molecule has 0 spiro atoms. The molecule has 0 radical (unpaired) electrons. The number of pyridine rings is 1. The second-order valence-electron chi connectivity index (χ2n) is 7.89. The van der Waals surface area contributed by atoms with Gasteiger partial charge in [0.1, 0.15) is 29.3 Å². The first-order chi connectivity index (χ1) is 16.6. The highest BCUT2D eigenvalue weighted by Gasteiger charge is 2.24. The quantitative estimate of drug-likeness (QED) is 0.471. The number of hydrogen-bond acceptors (Lipinski definition) is 7. The summed E-state index contributed by atoms with van der Waals surface area (Å²) in [6.07, 6.45) is 5.13. The molecular weight excluding hydrogens is 434 g/mol. The number of fused-ring (bicyclic) bond motifs is 1. The zero-order valence-electron chi connectivity index (χ0n) is 19.0. The van der Waals surface area contributed by atoms with Crippen LogP contribution in [0.2, 0.25) is 0 Å². The van der Waals surface area contributed by atoms with E-state index < -0.39 is 0 Å². The van der Waals surface area contributed by atoms with Crippen molar-refractivity contribution in [2.75, 3.05) is 50.6 Å². The predicted octanol–water partition coefficient (Wildman–Crippen LogP) is 3.39. The largest absolute Gasteiger partial charge is 0.497 e. The smallest absolute Gasteiger partial charge is 0.321 e. The van der Waals surface area contributed by atoms with E-state index in [1.54, 1.807) is 49.8 Å². The van der Waals surface area contributed by atoms with Crippen LogP contribution in [-0.2, 0) is 0 Å². The minimum Gasteiger partial charge on any atom is -0.497 e. The molecule has 1 saturated heterocycles. The molecule has 1 aliphatic heterocycles. The molecule has 0 aliphatic carbocycles. The fourth-order valence-corrected chi connectivity index (χ4v) is 4.06.